The minimum Gasteiger partial charge on any atom is -0.497 e. The number of rotatable bonds is 4. The number of aromatic nitrogens is 1. The fourth-order valence-corrected chi connectivity index (χ4v) is 3.26. The molecule has 1 heterocycles. The summed E-state index contributed by atoms with van der Waals surface area (Å²) in [5.74, 6) is 0.730. The van der Waals surface area contributed by atoms with E-state index in [1.54, 1.807) is 7.11 Å². The lowest BCUT2D eigenvalue weighted by molar-refractivity contribution is -0.115. The van der Waals surface area contributed by atoms with Crippen LogP contribution in [0.5, 0.6) is 5.75 Å². The lowest BCUT2D eigenvalue weighted by Crippen LogP contribution is -2.14. The third-order valence-corrected chi connectivity index (χ3v) is 4.71. The number of ether oxygens (including phenoxy) is 1. The molecule has 0 radical (unpaired) electrons. The lowest BCUT2D eigenvalue weighted by atomic mass is 10.0. The van der Waals surface area contributed by atoms with Gasteiger partial charge in [-0.25, -0.2) is 4.98 Å². The first kappa shape index (κ1) is 15.5. The van der Waals surface area contributed by atoms with Crippen LogP contribution in [0.3, 0.4) is 0 Å². The molecule has 0 spiro atoms. The van der Waals surface area contributed by atoms with Crippen LogP contribution in [0, 0.1) is 13.8 Å². The Balaban J connectivity index is 1.73. The fourth-order valence-electron chi connectivity index (χ4n) is 2.35. The van der Waals surface area contributed by atoms with Crippen molar-refractivity contribution in [3.8, 4) is 5.75 Å². The minimum atomic E-state index is -0.0562. The molecule has 0 bridgehead atoms. The molecule has 1 N–H and O–H groups in total. The van der Waals surface area contributed by atoms with Crippen LogP contribution in [-0.4, -0.2) is 18.0 Å². The van der Waals surface area contributed by atoms with Crippen LogP contribution in [-0.2, 0) is 11.2 Å². The Kier molecular flexibility index (Phi) is 4.30. The first-order valence-electron chi connectivity index (χ1n) is 7.36. The van der Waals surface area contributed by atoms with Gasteiger partial charge in [0, 0.05) is 0 Å². The predicted octanol–water partition coefficient (Wildman–Crippen LogP) is 4.10. The Bertz CT molecular complexity index is 871. The number of nitrogens with zero attached hydrogens (tertiary/aromatic N) is 1. The maximum absolute atomic E-state index is 12.2. The minimum absolute atomic E-state index is 0.0562. The largest absolute Gasteiger partial charge is 0.497 e. The third-order valence-electron chi connectivity index (χ3n) is 3.78. The molecule has 1 aromatic heterocycles. The Morgan fingerprint density at radius 1 is 1.17 bits per heavy atom. The van der Waals surface area contributed by atoms with Gasteiger partial charge in [0.1, 0.15) is 5.75 Å². The van der Waals surface area contributed by atoms with Gasteiger partial charge in [0.15, 0.2) is 5.13 Å². The molecule has 118 valence electrons. The number of thiazole rings is 1. The second-order valence-corrected chi connectivity index (χ2v) is 6.53. The molecule has 0 aliphatic carbocycles. The van der Waals surface area contributed by atoms with Gasteiger partial charge in [0.25, 0.3) is 0 Å². The maximum Gasteiger partial charge on any atom is 0.230 e. The number of aryl methyl sites for hydroxylation is 2. The van der Waals surface area contributed by atoms with Gasteiger partial charge in [-0.1, -0.05) is 29.5 Å². The standard InChI is InChI=1S/C18H18N2O2S/c1-11-4-5-13(8-12(11)2)9-17(21)20-18-19-15-7-6-14(22-3)10-16(15)23-18/h4-8,10H,9H2,1-3H3,(H,19,20,21). The average Bonchev–Trinajstić information content (AvgIpc) is 2.91. The van der Waals surface area contributed by atoms with E-state index in [1.165, 1.54) is 22.5 Å². The molecule has 23 heavy (non-hydrogen) atoms. The number of hydrogen-bond donors (Lipinski definition) is 1. The quantitative estimate of drug-likeness (QED) is 0.785. The van der Waals surface area contributed by atoms with Crippen LogP contribution < -0.4 is 10.1 Å². The summed E-state index contributed by atoms with van der Waals surface area (Å²) in [6, 6.07) is 11.8. The monoisotopic (exact) mass is 326 g/mol. The average molecular weight is 326 g/mol. The molecular weight excluding hydrogens is 308 g/mol. The number of fused-ring (bicyclic) bond motifs is 1. The van der Waals surface area contributed by atoms with Crippen molar-refractivity contribution in [1.82, 2.24) is 4.98 Å². The normalized spacial score (nSPS) is 10.7. The van der Waals surface area contributed by atoms with Crippen molar-refractivity contribution in [2.45, 2.75) is 20.3 Å². The van der Waals surface area contributed by atoms with Crippen molar-refractivity contribution in [3.63, 3.8) is 0 Å². The number of benzene rings is 2. The Morgan fingerprint density at radius 3 is 2.74 bits per heavy atom. The van der Waals surface area contributed by atoms with E-state index in [0.29, 0.717) is 11.6 Å². The molecule has 5 heteroatoms. The zero-order valence-corrected chi connectivity index (χ0v) is 14.2. The van der Waals surface area contributed by atoms with Crippen molar-refractivity contribution < 1.29 is 9.53 Å². The topological polar surface area (TPSA) is 51.2 Å². The summed E-state index contributed by atoms with van der Waals surface area (Å²) in [6.07, 6.45) is 0.348. The summed E-state index contributed by atoms with van der Waals surface area (Å²) in [7, 11) is 1.63. The van der Waals surface area contributed by atoms with Crippen LogP contribution in [0.1, 0.15) is 16.7 Å². The van der Waals surface area contributed by atoms with Gasteiger partial charge < -0.3 is 10.1 Å². The summed E-state index contributed by atoms with van der Waals surface area (Å²) in [6.45, 7) is 4.12. The van der Waals surface area contributed by atoms with Crippen molar-refractivity contribution >= 4 is 32.6 Å². The predicted molar refractivity (Wildman–Crippen MR) is 94.4 cm³/mol. The van der Waals surface area contributed by atoms with Crippen molar-refractivity contribution in [2.24, 2.45) is 0 Å². The highest BCUT2D eigenvalue weighted by Gasteiger charge is 2.10. The second-order valence-electron chi connectivity index (χ2n) is 5.50. The lowest BCUT2D eigenvalue weighted by Gasteiger charge is -2.05. The summed E-state index contributed by atoms with van der Waals surface area (Å²) < 4.78 is 6.20. The number of anilines is 1. The molecule has 2 aromatic carbocycles. The summed E-state index contributed by atoms with van der Waals surface area (Å²) in [5, 5.41) is 3.49. The van der Waals surface area contributed by atoms with E-state index < -0.39 is 0 Å². The zero-order chi connectivity index (χ0) is 16.4. The SMILES string of the molecule is COc1ccc2nc(NC(=O)Cc3ccc(C)c(C)c3)sc2c1. The van der Waals surface area contributed by atoms with Gasteiger partial charge in [-0.2, -0.15) is 0 Å². The summed E-state index contributed by atoms with van der Waals surface area (Å²) >= 11 is 1.45. The van der Waals surface area contributed by atoms with Crippen LogP contribution in [0.25, 0.3) is 10.2 Å². The molecule has 3 rings (SSSR count). The smallest absolute Gasteiger partial charge is 0.230 e. The van der Waals surface area contributed by atoms with E-state index in [1.807, 2.05) is 30.3 Å². The van der Waals surface area contributed by atoms with E-state index in [9.17, 15) is 4.79 Å². The van der Waals surface area contributed by atoms with Gasteiger partial charge in [-0.3, -0.25) is 4.79 Å². The van der Waals surface area contributed by atoms with Crippen LogP contribution in [0.2, 0.25) is 0 Å². The number of nitrogens with one attached hydrogen (secondary N) is 1. The molecule has 4 nitrogen and oxygen atoms in total. The van der Waals surface area contributed by atoms with Crippen molar-refractivity contribution in [1.29, 1.82) is 0 Å². The van der Waals surface area contributed by atoms with Gasteiger partial charge in [-0.05, 0) is 48.7 Å². The summed E-state index contributed by atoms with van der Waals surface area (Å²) in [4.78, 5) is 16.6. The van der Waals surface area contributed by atoms with Gasteiger partial charge in [-0.15, -0.1) is 0 Å². The van der Waals surface area contributed by atoms with E-state index in [2.05, 4.69) is 30.2 Å². The van der Waals surface area contributed by atoms with Crippen LogP contribution >= 0.6 is 11.3 Å². The maximum atomic E-state index is 12.2. The number of carbonyl (C=O) groups excluding carboxylic acids is 1. The summed E-state index contributed by atoms with van der Waals surface area (Å²) in [5.41, 5.74) is 4.29. The molecule has 1 amide bonds. The van der Waals surface area contributed by atoms with E-state index in [0.717, 1.165) is 21.5 Å². The van der Waals surface area contributed by atoms with Crippen molar-refractivity contribution in [3.05, 3.63) is 53.1 Å². The van der Waals surface area contributed by atoms with E-state index in [4.69, 9.17) is 4.74 Å². The van der Waals surface area contributed by atoms with Gasteiger partial charge in [0.05, 0.1) is 23.7 Å². The highest BCUT2D eigenvalue weighted by Crippen LogP contribution is 2.29. The first-order chi connectivity index (χ1) is 11.0. The Labute approximate surface area is 139 Å². The zero-order valence-electron chi connectivity index (χ0n) is 13.3. The number of amides is 1. The first-order valence-corrected chi connectivity index (χ1v) is 8.17. The fraction of sp³-hybridized carbons (Fsp3) is 0.222. The molecule has 3 aromatic rings. The highest BCUT2D eigenvalue weighted by molar-refractivity contribution is 7.22. The molecule has 0 saturated carbocycles. The van der Waals surface area contributed by atoms with Crippen LogP contribution in [0.4, 0.5) is 5.13 Å². The molecule has 0 aliphatic rings. The second kappa shape index (κ2) is 6.38. The highest BCUT2D eigenvalue weighted by atomic mass is 32.1. The molecule has 0 saturated heterocycles. The Hall–Kier alpha value is -2.40. The molecule has 0 atom stereocenters. The van der Waals surface area contributed by atoms with Gasteiger partial charge in [0.2, 0.25) is 5.91 Å². The van der Waals surface area contributed by atoms with E-state index >= 15 is 0 Å². The van der Waals surface area contributed by atoms with E-state index in [-0.39, 0.29) is 5.91 Å². The number of methoxy groups -OCH3 is 1. The third kappa shape index (κ3) is 3.51. The molecule has 0 unspecified atom stereocenters. The number of hydrogen-bond acceptors (Lipinski definition) is 4. The Morgan fingerprint density at radius 2 is 2.00 bits per heavy atom. The van der Waals surface area contributed by atoms with Gasteiger partial charge >= 0.3 is 0 Å². The van der Waals surface area contributed by atoms with Crippen LogP contribution in [0.15, 0.2) is 36.4 Å². The van der Waals surface area contributed by atoms with Crippen molar-refractivity contribution in [2.75, 3.05) is 12.4 Å². The molecule has 0 fully saturated rings. The molecular formula is C18H18N2O2S. The number of carbonyl (C=O) groups is 1. The molecule has 0 aliphatic heterocycles.